The Bertz CT molecular complexity index is 4120. The number of esters is 3. The van der Waals surface area contributed by atoms with Crippen molar-refractivity contribution in [2.45, 2.75) is 522 Å². The molecular formula is C127H218O14. The first-order valence-corrected chi connectivity index (χ1v) is 58.8. The van der Waals surface area contributed by atoms with Crippen LogP contribution in [-0.4, -0.2) is 115 Å². The third-order valence-corrected chi connectivity index (χ3v) is 51.8. The molecule has 22 bridgehead atoms. The van der Waals surface area contributed by atoms with Crippen molar-refractivity contribution in [3.05, 3.63) is 23.3 Å². The van der Waals surface area contributed by atoms with Crippen molar-refractivity contribution in [3.63, 3.8) is 0 Å². The van der Waals surface area contributed by atoms with Gasteiger partial charge in [-0.25, -0.2) is 0 Å². The molecule has 141 heavy (non-hydrogen) atoms. The number of Topliss-reactive ketones (excluding diaryl/α,β-unsaturated/α-hetero) is 2. The highest BCUT2D eigenvalue weighted by Crippen LogP contribution is 2.74. The molecule has 0 aromatic heterocycles. The highest BCUT2D eigenvalue weighted by atomic mass is 16.6. The van der Waals surface area contributed by atoms with E-state index in [9.17, 15) is 44.4 Å². The lowest BCUT2D eigenvalue weighted by Crippen LogP contribution is -2.56. The maximum Gasteiger partial charge on any atom is 0.305 e. The molecule has 810 valence electrons. The second kappa shape index (κ2) is 41.5. The molecule has 28 aliphatic carbocycles. The molecule has 0 aliphatic heterocycles. The Morgan fingerprint density at radius 1 is 0.333 bits per heavy atom. The standard InChI is InChI=1S/C13H22O2.2C13H20O.2C12H20O2.2C12H22O.4C10H18O/c1-5-11(14)15-10-8-9-6-7-13(10,4)12(9,2)3;2*1-9(14)4-5-10-6-7-11-8-12(10)13(11,2)3;2*1-8(13)14-10-7-9-5-6-12(10,4)11(9,2)3;2*1-5-12(13)10(2,3)9-6-7-11(12,4)8-9;2*1-6-8-4-7(5-9(6)11)10(8,2)3;2*1-10(2)8-4-3-7(6-11)9(10)5-8/h9-10H,5-8H2,1-4H3;2*6,11-12H,4-5,7-8H2,1-3H3;2*9-10H,5-7H2,1-4H3;2*9,13H,5-8H2,1-4H3;2*6-9,11H,4-5H2,1-3H3;2*7-9,11H,3-6H2,1-2H3/t9-,10?,13+;11-,12-;;9-,10?,12+;;;;6-,7+,8-,9-;;7-,8+,9+;/m01.0...0.1./s1. The average molecular weight is 1970 g/mol. The Morgan fingerprint density at radius 3 is 0.823 bits per heavy atom. The van der Waals surface area contributed by atoms with E-state index in [1.54, 1.807) is 25.0 Å². The summed E-state index contributed by atoms with van der Waals surface area (Å²) in [4.78, 5) is 55.3. The predicted octanol–water partition coefficient (Wildman–Crippen LogP) is 29.5. The van der Waals surface area contributed by atoms with Crippen LogP contribution < -0.4 is 0 Å². The number of aliphatic hydroxyl groups is 6. The minimum atomic E-state index is -0.414. The summed E-state index contributed by atoms with van der Waals surface area (Å²) < 4.78 is 16.5. The van der Waals surface area contributed by atoms with Crippen molar-refractivity contribution in [3.8, 4) is 0 Å². The summed E-state index contributed by atoms with van der Waals surface area (Å²) in [6.45, 7) is 80.6. The van der Waals surface area contributed by atoms with Gasteiger partial charge in [-0.3, -0.25) is 14.4 Å². The van der Waals surface area contributed by atoms with Crippen LogP contribution in [0.15, 0.2) is 23.3 Å². The smallest absolute Gasteiger partial charge is 0.305 e. The Labute approximate surface area is 862 Å². The van der Waals surface area contributed by atoms with Crippen LogP contribution in [0, 0.1) is 211 Å². The van der Waals surface area contributed by atoms with Gasteiger partial charge in [0.25, 0.3) is 0 Å². The van der Waals surface area contributed by atoms with Gasteiger partial charge >= 0.3 is 17.9 Å². The number of rotatable bonds is 14. The molecule has 0 aromatic carbocycles. The van der Waals surface area contributed by atoms with Crippen LogP contribution in [0.25, 0.3) is 0 Å². The van der Waals surface area contributed by atoms with Crippen LogP contribution in [0.5, 0.6) is 0 Å². The van der Waals surface area contributed by atoms with Gasteiger partial charge in [0.2, 0.25) is 0 Å². The van der Waals surface area contributed by atoms with Gasteiger partial charge < -0.3 is 54.4 Å². The fourth-order valence-electron chi connectivity index (χ4n) is 37.8. The molecule has 33 atom stereocenters. The van der Waals surface area contributed by atoms with E-state index in [-0.39, 0.29) is 86.3 Å². The van der Waals surface area contributed by atoms with Crippen molar-refractivity contribution in [1.82, 2.24) is 0 Å². The van der Waals surface area contributed by atoms with Gasteiger partial charge in [-0.2, -0.15) is 0 Å². The Morgan fingerprint density at radius 2 is 0.631 bits per heavy atom. The van der Waals surface area contributed by atoms with Gasteiger partial charge in [-0.05, 0) is 420 Å². The van der Waals surface area contributed by atoms with E-state index >= 15 is 0 Å². The van der Waals surface area contributed by atoms with Gasteiger partial charge in [0.1, 0.15) is 29.9 Å². The third kappa shape index (κ3) is 20.4. The second-order valence-corrected chi connectivity index (χ2v) is 60.1. The zero-order valence-corrected chi connectivity index (χ0v) is 97.5. The fourth-order valence-corrected chi connectivity index (χ4v) is 37.8. The van der Waals surface area contributed by atoms with Gasteiger partial charge in [-0.15, -0.1) is 0 Å². The summed E-state index contributed by atoms with van der Waals surface area (Å²) in [7, 11) is 0. The summed E-state index contributed by atoms with van der Waals surface area (Å²) in [5.41, 5.74) is 7.80. The minimum absolute atomic E-state index is 0.00762. The maximum atomic E-state index is 11.4. The lowest BCUT2D eigenvalue weighted by Gasteiger charge is -2.61. The number of hydrogen-bond acceptors (Lipinski definition) is 14. The molecule has 0 amide bonds. The molecule has 28 rings (SSSR count). The first kappa shape index (κ1) is 117. The number of hydrogen-bond donors (Lipinski definition) is 6. The zero-order chi connectivity index (χ0) is 105. The van der Waals surface area contributed by atoms with E-state index < -0.39 is 11.2 Å². The van der Waals surface area contributed by atoms with E-state index in [4.69, 9.17) is 24.4 Å². The van der Waals surface area contributed by atoms with Crippen molar-refractivity contribution in [2.75, 3.05) is 13.2 Å². The number of allylic oxidation sites excluding steroid dienone is 4. The number of carbonyl (C=O) groups is 5. The first-order chi connectivity index (χ1) is 64.8. The lowest BCUT2D eigenvalue weighted by molar-refractivity contribution is -0.156. The highest BCUT2D eigenvalue weighted by molar-refractivity contribution is 5.76. The molecule has 0 aromatic rings. The fraction of sp³-hybridized carbons (Fsp3) is 0.929. The van der Waals surface area contributed by atoms with Crippen molar-refractivity contribution < 1.29 is 68.8 Å². The van der Waals surface area contributed by atoms with E-state index in [0.717, 1.165) is 171 Å². The van der Waals surface area contributed by atoms with Gasteiger partial charge in [0, 0.05) is 62.6 Å². The summed E-state index contributed by atoms with van der Waals surface area (Å²) in [5.74, 6) is 16.6. The molecule has 28 aliphatic rings. The van der Waals surface area contributed by atoms with Crippen LogP contribution in [-0.2, 0) is 38.2 Å². The van der Waals surface area contributed by atoms with Gasteiger partial charge in [0.05, 0.1) is 23.4 Å². The van der Waals surface area contributed by atoms with E-state index in [2.05, 4.69) is 227 Å². The van der Waals surface area contributed by atoms with Crippen LogP contribution in [0.1, 0.15) is 480 Å². The molecule has 14 heteroatoms. The highest BCUT2D eigenvalue weighted by Gasteiger charge is 2.71. The molecular weight excluding hydrogens is 1750 g/mol. The summed E-state index contributed by atoms with van der Waals surface area (Å²) in [5, 5.41) is 59.0. The molecule has 0 heterocycles. The van der Waals surface area contributed by atoms with Crippen molar-refractivity contribution in [2.24, 2.45) is 211 Å². The average Bonchev–Trinajstić information content (AvgIpc) is 1.54. The molecule has 0 spiro atoms. The van der Waals surface area contributed by atoms with Crippen LogP contribution in [0.4, 0.5) is 0 Å². The Balaban J connectivity index is 0.000000139. The molecule has 6 N–H and O–H groups in total. The van der Waals surface area contributed by atoms with E-state index in [0.29, 0.717) is 104 Å². The van der Waals surface area contributed by atoms with E-state index in [1.807, 2.05) is 6.92 Å². The number of carbonyl (C=O) groups excluding carboxylic acids is 5. The number of ether oxygens (including phenoxy) is 3. The Hall–Kier alpha value is -3.01. The normalized spacial score (nSPS) is 45.1. The molecule has 0 saturated heterocycles. The predicted molar refractivity (Wildman–Crippen MR) is 575 cm³/mol. The minimum Gasteiger partial charge on any atom is -0.462 e. The summed E-state index contributed by atoms with van der Waals surface area (Å²) in [6, 6.07) is 0. The number of aliphatic hydroxyl groups excluding tert-OH is 4. The monoisotopic (exact) mass is 1970 g/mol. The van der Waals surface area contributed by atoms with Gasteiger partial charge in [-0.1, -0.05) is 245 Å². The van der Waals surface area contributed by atoms with Crippen molar-refractivity contribution >= 4 is 29.5 Å². The largest absolute Gasteiger partial charge is 0.462 e. The molecule has 24 saturated carbocycles. The second-order valence-electron chi connectivity index (χ2n) is 60.1. The van der Waals surface area contributed by atoms with Crippen molar-refractivity contribution in [1.29, 1.82) is 0 Å². The lowest BCUT2D eigenvalue weighted by atomic mass is 9.45. The summed E-state index contributed by atoms with van der Waals surface area (Å²) in [6.07, 6.45) is 47.5. The first-order valence-electron chi connectivity index (χ1n) is 58.8. The topological polar surface area (TPSA) is 234 Å². The third-order valence-electron chi connectivity index (χ3n) is 51.8. The molecule has 20 unspecified atom stereocenters. The van der Waals surface area contributed by atoms with Crippen LogP contribution in [0.3, 0.4) is 0 Å². The molecule has 24 fully saturated rings. The maximum absolute atomic E-state index is 11.4. The summed E-state index contributed by atoms with van der Waals surface area (Å²) >= 11 is 0. The SMILES string of the molecule is CC(=O)CCC1=CCC2CC1C2(C)C.CC(=O)CCC1=CC[C@@H]2C[C@H]1C2(C)C.CC(=O)OC1CC2CCC1(C)C2(C)C.CC(=O)OC1C[C@@H]2CC[C@@]1(C)C2(C)C.CC1(C)C2CCC(CO)C1C2.CC1(C)[C@H]2CC[C@H](CO)[C@@H]1C2.CC1C(O)CC2CC1C2(C)C.CCC(=O)OC1C[C@@H]2CC[C@@]1(C)C2(C)C.CCC1(O)C2(C)CCC(C2)C1(C)C.CCC1(O)C2(C)CCC(C2)C1(C)C.C[C@@H]1[C@@H](O)C[C@H]2C[C@@H]1C2(C)C. The zero-order valence-electron chi connectivity index (χ0n) is 97.5. The molecule has 0 radical (unpaired) electrons. The number of fused-ring (bicyclic) bond motifs is 20. The van der Waals surface area contributed by atoms with E-state index in [1.165, 1.54) is 168 Å². The quantitative estimate of drug-likeness (QED) is 0.0539. The van der Waals surface area contributed by atoms with Crippen LogP contribution >= 0.6 is 0 Å². The molecule has 14 nitrogen and oxygen atoms in total. The number of ketones is 2. The van der Waals surface area contributed by atoms with Gasteiger partial charge in [0.15, 0.2) is 0 Å². The van der Waals surface area contributed by atoms with Crippen LogP contribution in [0.2, 0.25) is 0 Å². The Kier molecular flexibility index (Phi) is 34.4.